The summed E-state index contributed by atoms with van der Waals surface area (Å²) in [6.45, 7) is 5.21. The number of alkyl halides is 3. The number of rotatable bonds is 6. The molecule has 0 aliphatic rings. The Morgan fingerprint density at radius 1 is 0.906 bits per heavy atom. The molecule has 0 saturated carbocycles. The van der Waals surface area contributed by atoms with Gasteiger partial charge in [-0.15, -0.1) is 0 Å². The van der Waals surface area contributed by atoms with Gasteiger partial charge in [0.05, 0.1) is 5.56 Å². The highest BCUT2D eigenvalue weighted by atomic mass is 19.4. The minimum atomic E-state index is -4.52. The number of amides is 3. The molecule has 0 spiro atoms. The van der Waals surface area contributed by atoms with Crippen LogP contribution in [0, 0.1) is 0 Å². The predicted molar refractivity (Wildman–Crippen MR) is 113 cm³/mol. The van der Waals surface area contributed by atoms with E-state index in [4.69, 9.17) is 4.74 Å². The summed E-state index contributed by atoms with van der Waals surface area (Å²) in [4.78, 5) is 36.1. The van der Waals surface area contributed by atoms with Crippen LogP contribution < -0.4 is 16.0 Å². The number of hydrogen-bond donors (Lipinski definition) is 3. The molecular weight excluding hydrogens is 427 g/mol. The zero-order valence-corrected chi connectivity index (χ0v) is 17.8. The molecule has 0 fully saturated rings. The second-order valence-corrected chi connectivity index (χ2v) is 7.84. The monoisotopic (exact) mass is 451 g/mol. The van der Waals surface area contributed by atoms with Crippen LogP contribution in [0.2, 0.25) is 0 Å². The molecule has 32 heavy (non-hydrogen) atoms. The second-order valence-electron chi connectivity index (χ2n) is 7.84. The molecule has 0 saturated heterocycles. The predicted octanol–water partition coefficient (Wildman–Crippen LogP) is 4.81. The molecule has 0 unspecified atom stereocenters. The summed E-state index contributed by atoms with van der Waals surface area (Å²) < 4.78 is 43.5. The molecule has 172 valence electrons. The Labute approximate surface area is 183 Å². The zero-order valence-electron chi connectivity index (χ0n) is 17.8. The number of alkyl carbamates (subject to hydrolysis) is 1. The van der Waals surface area contributed by atoms with Crippen molar-refractivity contribution in [2.75, 3.05) is 17.2 Å². The van der Waals surface area contributed by atoms with Gasteiger partial charge in [-0.2, -0.15) is 13.2 Å². The van der Waals surface area contributed by atoms with E-state index in [-0.39, 0.29) is 24.2 Å². The van der Waals surface area contributed by atoms with E-state index in [0.29, 0.717) is 5.69 Å². The SMILES string of the molecule is CC(C)(C)OC(=O)NCCC(=O)Nc1cccc(C(=O)Nc2cccc(C(F)(F)F)c2)c1. The number of halogens is 3. The maximum atomic E-state index is 12.8. The van der Waals surface area contributed by atoms with Crippen LogP contribution in [0.15, 0.2) is 48.5 Å². The first-order valence-corrected chi connectivity index (χ1v) is 9.69. The first-order valence-electron chi connectivity index (χ1n) is 9.69. The van der Waals surface area contributed by atoms with Gasteiger partial charge < -0.3 is 20.7 Å². The van der Waals surface area contributed by atoms with Crippen molar-refractivity contribution in [1.29, 1.82) is 0 Å². The Hall–Kier alpha value is -3.56. The van der Waals surface area contributed by atoms with Gasteiger partial charge in [-0.05, 0) is 57.2 Å². The van der Waals surface area contributed by atoms with Gasteiger partial charge >= 0.3 is 12.3 Å². The molecule has 0 atom stereocenters. The lowest BCUT2D eigenvalue weighted by Gasteiger charge is -2.19. The lowest BCUT2D eigenvalue weighted by atomic mass is 10.1. The number of carbonyl (C=O) groups excluding carboxylic acids is 3. The average molecular weight is 451 g/mol. The molecule has 0 bridgehead atoms. The number of nitrogens with one attached hydrogen (secondary N) is 3. The molecule has 0 radical (unpaired) electrons. The van der Waals surface area contributed by atoms with Gasteiger partial charge in [-0.25, -0.2) is 4.79 Å². The Morgan fingerprint density at radius 3 is 2.16 bits per heavy atom. The van der Waals surface area contributed by atoms with Crippen molar-refractivity contribution in [3.8, 4) is 0 Å². The van der Waals surface area contributed by atoms with Crippen molar-refractivity contribution in [1.82, 2.24) is 5.32 Å². The minimum absolute atomic E-state index is 0.00696. The summed E-state index contributed by atoms with van der Waals surface area (Å²) in [6, 6.07) is 10.2. The Bertz CT molecular complexity index is 985. The number of carbonyl (C=O) groups is 3. The lowest BCUT2D eigenvalue weighted by Crippen LogP contribution is -2.34. The molecule has 2 aromatic rings. The number of anilines is 2. The molecule has 0 aromatic heterocycles. The third-order valence-corrected chi connectivity index (χ3v) is 3.88. The molecule has 0 aliphatic carbocycles. The van der Waals surface area contributed by atoms with E-state index in [1.165, 1.54) is 30.3 Å². The topological polar surface area (TPSA) is 96.5 Å². The van der Waals surface area contributed by atoms with Gasteiger partial charge in [-0.3, -0.25) is 9.59 Å². The van der Waals surface area contributed by atoms with E-state index in [9.17, 15) is 27.6 Å². The molecule has 0 heterocycles. The van der Waals surface area contributed by atoms with Gasteiger partial charge in [0, 0.05) is 29.9 Å². The van der Waals surface area contributed by atoms with Gasteiger partial charge in [0.15, 0.2) is 0 Å². The van der Waals surface area contributed by atoms with Gasteiger partial charge in [-0.1, -0.05) is 12.1 Å². The fourth-order valence-electron chi connectivity index (χ4n) is 2.53. The van der Waals surface area contributed by atoms with E-state index in [0.717, 1.165) is 12.1 Å². The van der Waals surface area contributed by atoms with Crippen molar-refractivity contribution < 1.29 is 32.3 Å². The first kappa shape index (κ1) is 24.7. The number of hydrogen-bond acceptors (Lipinski definition) is 4. The van der Waals surface area contributed by atoms with Crippen LogP contribution in [0.4, 0.5) is 29.3 Å². The Balaban J connectivity index is 1.92. The number of benzene rings is 2. The fourth-order valence-corrected chi connectivity index (χ4v) is 2.53. The Kier molecular flexibility index (Phi) is 7.85. The van der Waals surface area contributed by atoms with Gasteiger partial charge in [0.1, 0.15) is 5.60 Å². The average Bonchev–Trinajstić information content (AvgIpc) is 2.66. The van der Waals surface area contributed by atoms with Gasteiger partial charge in [0.2, 0.25) is 5.91 Å². The first-order chi connectivity index (χ1) is 14.8. The van der Waals surface area contributed by atoms with E-state index < -0.39 is 35.2 Å². The highest BCUT2D eigenvalue weighted by Gasteiger charge is 2.30. The summed E-state index contributed by atoms with van der Waals surface area (Å²) in [6.07, 6.45) is -5.19. The third-order valence-electron chi connectivity index (χ3n) is 3.88. The summed E-state index contributed by atoms with van der Waals surface area (Å²) in [5.74, 6) is -1.04. The Morgan fingerprint density at radius 2 is 1.53 bits per heavy atom. The molecule has 7 nitrogen and oxygen atoms in total. The summed E-state index contributed by atoms with van der Waals surface area (Å²) in [7, 11) is 0. The summed E-state index contributed by atoms with van der Waals surface area (Å²) in [5, 5.41) is 7.46. The molecule has 0 aliphatic heterocycles. The van der Waals surface area contributed by atoms with Crippen LogP contribution in [0.5, 0.6) is 0 Å². The van der Waals surface area contributed by atoms with Crippen LogP contribution in [-0.2, 0) is 15.7 Å². The van der Waals surface area contributed by atoms with Gasteiger partial charge in [0.25, 0.3) is 5.91 Å². The quantitative estimate of drug-likeness (QED) is 0.587. The maximum absolute atomic E-state index is 12.8. The standard InChI is InChI=1S/C22H24F3N3O4/c1-21(2,3)32-20(31)26-11-10-18(29)27-16-8-4-6-14(12-16)19(30)28-17-9-5-7-15(13-17)22(23,24)25/h4-9,12-13H,10-11H2,1-3H3,(H,26,31)(H,27,29)(H,28,30). The molecule has 2 rings (SSSR count). The molecule has 10 heteroatoms. The second kappa shape index (κ2) is 10.2. The highest BCUT2D eigenvalue weighted by molar-refractivity contribution is 6.05. The van der Waals surface area contributed by atoms with Crippen LogP contribution >= 0.6 is 0 Å². The fraction of sp³-hybridized carbons (Fsp3) is 0.318. The molecule has 3 N–H and O–H groups in total. The van der Waals surface area contributed by atoms with E-state index in [2.05, 4.69) is 16.0 Å². The van der Waals surface area contributed by atoms with Crippen LogP contribution in [-0.4, -0.2) is 30.1 Å². The van der Waals surface area contributed by atoms with E-state index >= 15 is 0 Å². The normalized spacial score (nSPS) is 11.4. The minimum Gasteiger partial charge on any atom is -0.444 e. The smallest absolute Gasteiger partial charge is 0.416 e. The highest BCUT2D eigenvalue weighted by Crippen LogP contribution is 2.30. The zero-order chi connectivity index (χ0) is 23.9. The molecular formula is C22H24F3N3O4. The lowest BCUT2D eigenvalue weighted by molar-refractivity contribution is -0.137. The van der Waals surface area contributed by atoms with Crippen molar-refractivity contribution in [3.63, 3.8) is 0 Å². The summed E-state index contributed by atoms with van der Waals surface area (Å²) >= 11 is 0. The van der Waals surface area contributed by atoms with E-state index in [1.54, 1.807) is 26.8 Å². The van der Waals surface area contributed by atoms with Crippen molar-refractivity contribution in [2.45, 2.75) is 39.0 Å². The summed E-state index contributed by atoms with van der Waals surface area (Å²) in [5.41, 5.74) is -1.07. The largest absolute Gasteiger partial charge is 0.444 e. The van der Waals surface area contributed by atoms with Crippen molar-refractivity contribution >= 4 is 29.3 Å². The maximum Gasteiger partial charge on any atom is 0.416 e. The molecule has 2 aromatic carbocycles. The number of ether oxygens (including phenoxy) is 1. The van der Waals surface area contributed by atoms with Crippen LogP contribution in [0.1, 0.15) is 43.1 Å². The third kappa shape index (κ3) is 8.29. The van der Waals surface area contributed by atoms with E-state index in [1.807, 2.05) is 0 Å². The van der Waals surface area contributed by atoms with Crippen molar-refractivity contribution in [2.24, 2.45) is 0 Å². The van der Waals surface area contributed by atoms with Crippen LogP contribution in [0.25, 0.3) is 0 Å². The molecule has 3 amide bonds. The van der Waals surface area contributed by atoms with Crippen molar-refractivity contribution in [3.05, 3.63) is 59.7 Å². The van der Waals surface area contributed by atoms with Crippen LogP contribution in [0.3, 0.4) is 0 Å².